The fourth-order valence-corrected chi connectivity index (χ4v) is 1.12. The summed E-state index contributed by atoms with van der Waals surface area (Å²) in [7, 11) is 0. The number of aromatic nitrogens is 1. The Labute approximate surface area is 81.1 Å². The highest BCUT2D eigenvalue weighted by Crippen LogP contribution is 2.16. The SMILES string of the molecule is N#Cc1cc(Cl)ncc1[C@H](N)CN. The second-order valence-electron chi connectivity index (χ2n) is 2.55. The lowest BCUT2D eigenvalue weighted by molar-refractivity contribution is 0.731. The van der Waals surface area contributed by atoms with Crippen LogP contribution in [0, 0.1) is 11.3 Å². The lowest BCUT2D eigenvalue weighted by Crippen LogP contribution is -2.21. The average Bonchev–Trinajstić information content (AvgIpc) is 2.16. The lowest BCUT2D eigenvalue weighted by Gasteiger charge is -2.09. The van der Waals surface area contributed by atoms with Crippen LogP contribution in [0.5, 0.6) is 0 Å². The molecule has 1 atom stereocenters. The molecule has 68 valence electrons. The summed E-state index contributed by atoms with van der Waals surface area (Å²) in [4.78, 5) is 3.84. The molecule has 0 saturated heterocycles. The fraction of sp³-hybridized carbons (Fsp3) is 0.250. The van der Waals surface area contributed by atoms with E-state index < -0.39 is 0 Å². The normalized spacial score (nSPS) is 12.2. The van der Waals surface area contributed by atoms with Crippen LogP contribution < -0.4 is 11.5 Å². The van der Waals surface area contributed by atoms with E-state index in [4.69, 9.17) is 28.3 Å². The van der Waals surface area contributed by atoms with Gasteiger partial charge in [0.05, 0.1) is 11.6 Å². The number of halogens is 1. The second-order valence-corrected chi connectivity index (χ2v) is 2.94. The van der Waals surface area contributed by atoms with Crippen LogP contribution in [0.4, 0.5) is 0 Å². The highest BCUT2D eigenvalue weighted by atomic mass is 35.5. The largest absolute Gasteiger partial charge is 0.329 e. The highest BCUT2D eigenvalue weighted by Gasteiger charge is 2.10. The van der Waals surface area contributed by atoms with Gasteiger partial charge in [-0.3, -0.25) is 0 Å². The van der Waals surface area contributed by atoms with E-state index in [1.165, 1.54) is 12.3 Å². The van der Waals surface area contributed by atoms with Gasteiger partial charge in [0.15, 0.2) is 0 Å². The monoisotopic (exact) mass is 196 g/mol. The number of hydrogen-bond donors (Lipinski definition) is 2. The smallest absolute Gasteiger partial charge is 0.130 e. The molecule has 0 aliphatic heterocycles. The highest BCUT2D eigenvalue weighted by molar-refractivity contribution is 6.29. The Kier molecular flexibility index (Phi) is 3.20. The zero-order valence-electron chi connectivity index (χ0n) is 6.87. The van der Waals surface area contributed by atoms with E-state index in [-0.39, 0.29) is 17.7 Å². The molecule has 13 heavy (non-hydrogen) atoms. The van der Waals surface area contributed by atoms with E-state index in [1.54, 1.807) is 0 Å². The van der Waals surface area contributed by atoms with Crippen molar-refractivity contribution in [2.75, 3.05) is 6.54 Å². The van der Waals surface area contributed by atoms with Crippen molar-refractivity contribution in [1.29, 1.82) is 5.26 Å². The summed E-state index contributed by atoms with van der Waals surface area (Å²) in [6.07, 6.45) is 1.48. The summed E-state index contributed by atoms with van der Waals surface area (Å²) >= 11 is 5.61. The topological polar surface area (TPSA) is 88.7 Å². The van der Waals surface area contributed by atoms with Crippen LogP contribution in [0.2, 0.25) is 5.15 Å². The Morgan fingerprint density at radius 3 is 2.92 bits per heavy atom. The van der Waals surface area contributed by atoms with Gasteiger partial charge >= 0.3 is 0 Å². The predicted octanol–water partition coefficient (Wildman–Crippen LogP) is 0.565. The minimum Gasteiger partial charge on any atom is -0.329 e. The molecule has 0 saturated carbocycles. The fourth-order valence-electron chi connectivity index (χ4n) is 0.960. The number of nitrogens with zero attached hydrogens (tertiary/aromatic N) is 2. The molecular weight excluding hydrogens is 188 g/mol. The summed E-state index contributed by atoms with van der Waals surface area (Å²) in [6.45, 7) is 0.276. The van der Waals surface area contributed by atoms with Crippen LogP contribution in [0.1, 0.15) is 17.2 Å². The van der Waals surface area contributed by atoms with Crippen LogP contribution in [0.25, 0.3) is 0 Å². The zero-order valence-corrected chi connectivity index (χ0v) is 7.62. The van der Waals surface area contributed by atoms with Crippen LogP contribution in [-0.2, 0) is 0 Å². The molecule has 1 rings (SSSR count). The summed E-state index contributed by atoms with van der Waals surface area (Å²) < 4.78 is 0. The first kappa shape index (κ1) is 9.93. The number of hydrogen-bond acceptors (Lipinski definition) is 4. The minimum absolute atomic E-state index is 0.276. The Bertz CT molecular complexity index is 344. The molecule has 0 bridgehead atoms. The van der Waals surface area contributed by atoms with Crippen molar-refractivity contribution in [3.8, 4) is 6.07 Å². The van der Waals surface area contributed by atoms with Gasteiger partial charge < -0.3 is 11.5 Å². The Balaban J connectivity index is 3.15. The van der Waals surface area contributed by atoms with Crippen molar-refractivity contribution in [1.82, 2.24) is 4.98 Å². The van der Waals surface area contributed by atoms with Crippen molar-refractivity contribution in [2.45, 2.75) is 6.04 Å². The Morgan fingerprint density at radius 1 is 1.69 bits per heavy atom. The Hall–Kier alpha value is -1.15. The van der Waals surface area contributed by atoms with E-state index in [0.29, 0.717) is 11.1 Å². The van der Waals surface area contributed by atoms with Gasteiger partial charge in [-0.2, -0.15) is 5.26 Å². The van der Waals surface area contributed by atoms with Crippen LogP contribution in [-0.4, -0.2) is 11.5 Å². The van der Waals surface area contributed by atoms with Crippen molar-refractivity contribution in [3.63, 3.8) is 0 Å². The summed E-state index contributed by atoms with van der Waals surface area (Å²) in [5, 5.41) is 9.04. The molecule has 1 aromatic rings. The third-order valence-corrected chi connectivity index (χ3v) is 1.88. The third kappa shape index (κ3) is 2.16. The van der Waals surface area contributed by atoms with Gasteiger partial charge in [-0.1, -0.05) is 11.6 Å². The van der Waals surface area contributed by atoms with Crippen LogP contribution in [0.15, 0.2) is 12.3 Å². The van der Waals surface area contributed by atoms with E-state index in [9.17, 15) is 0 Å². The molecule has 5 heteroatoms. The molecule has 0 fully saturated rings. The van der Waals surface area contributed by atoms with E-state index in [1.807, 2.05) is 6.07 Å². The molecule has 0 unspecified atom stereocenters. The molecule has 1 heterocycles. The maximum absolute atomic E-state index is 8.75. The standard InChI is InChI=1S/C8H9ClN4/c9-8-1-5(2-10)6(4-13-8)7(12)3-11/h1,4,7H,3,11-12H2/t7-/m1/s1. The van der Waals surface area contributed by atoms with Crippen molar-refractivity contribution in [2.24, 2.45) is 11.5 Å². The van der Waals surface area contributed by atoms with Crippen molar-refractivity contribution in [3.05, 3.63) is 28.5 Å². The average molecular weight is 197 g/mol. The molecule has 4 N–H and O–H groups in total. The number of pyridine rings is 1. The van der Waals surface area contributed by atoms with Gasteiger partial charge in [-0.25, -0.2) is 4.98 Å². The minimum atomic E-state index is -0.362. The van der Waals surface area contributed by atoms with Crippen molar-refractivity contribution < 1.29 is 0 Å². The molecular formula is C8H9ClN4. The first-order valence-corrected chi connectivity index (χ1v) is 4.08. The maximum atomic E-state index is 8.75. The molecule has 0 aliphatic carbocycles. The summed E-state index contributed by atoms with van der Waals surface area (Å²) in [6, 6.07) is 3.11. The van der Waals surface area contributed by atoms with Gasteiger partial charge in [-0.15, -0.1) is 0 Å². The van der Waals surface area contributed by atoms with E-state index >= 15 is 0 Å². The quantitative estimate of drug-likeness (QED) is 0.677. The van der Waals surface area contributed by atoms with Gasteiger partial charge in [-0.05, 0) is 6.07 Å². The third-order valence-electron chi connectivity index (χ3n) is 1.68. The number of nitriles is 1. The second kappa shape index (κ2) is 4.19. The molecule has 0 aliphatic rings. The van der Waals surface area contributed by atoms with Gasteiger partial charge in [0.1, 0.15) is 5.15 Å². The van der Waals surface area contributed by atoms with Gasteiger partial charge in [0, 0.05) is 24.3 Å². The molecule has 1 aromatic heterocycles. The summed E-state index contributed by atoms with van der Waals surface area (Å²) in [5.74, 6) is 0. The molecule has 0 aromatic carbocycles. The first-order valence-electron chi connectivity index (χ1n) is 3.70. The molecule has 0 radical (unpaired) electrons. The predicted molar refractivity (Wildman–Crippen MR) is 49.9 cm³/mol. The van der Waals surface area contributed by atoms with Crippen molar-refractivity contribution >= 4 is 11.6 Å². The van der Waals surface area contributed by atoms with E-state index in [0.717, 1.165) is 0 Å². The van der Waals surface area contributed by atoms with Crippen LogP contribution in [0.3, 0.4) is 0 Å². The Morgan fingerprint density at radius 2 is 2.38 bits per heavy atom. The van der Waals surface area contributed by atoms with Gasteiger partial charge in [0.25, 0.3) is 0 Å². The number of rotatable bonds is 2. The molecule has 0 amide bonds. The maximum Gasteiger partial charge on any atom is 0.130 e. The summed E-state index contributed by atoms with van der Waals surface area (Å²) in [5.41, 5.74) is 12.1. The van der Waals surface area contributed by atoms with Gasteiger partial charge in [0.2, 0.25) is 0 Å². The zero-order chi connectivity index (χ0) is 9.84. The number of nitrogens with two attached hydrogens (primary N) is 2. The molecule has 0 spiro atoms. The van der Waals surface area contributed by atoms with E-state index in [2.05, 4.69) is 4.98 Å². The first-order chi connectivity index (χ1) is 6.19. The lowest BCUT2D eigenvalue weighted by atomic mass is 10.1. The molecule has 4 nitrogen and oxygen atoms in total. The van der Waals surface area contributed by atoms with Crippen LogP contribution >= 0.6 is 11.6 Å².